The van der Waals surface area contributed by atoms with Gasteiger partial charge in [-0.1, -0.05) is 71.2 Å². The molecule has 0 saturated carbocycles. The Bertz CT molecular complexity index is 1070. The minimum atomic E-state index is -1.72. The lowest BCUT2D eigenvalue weighted by molar-refractivity contribution is -0.119. The van der Waals surface area contributed by atoms with Gasteiger partial charge in [0.05, 0.1) is 5.57 Å². The fourth-order valence-electron chi connectivity index (χ4n) is 3.35. The van der Waals surface area contributed by atoms with Crippen LogP contribution >= 0.6 is 34.8 Å². The Kier molecular flexibility index (Phi) is 4.94. The molecule has 0 saturated heterocycles. The van der Waals surface area contributed by atoms with E-state index in [0.717, 1.165) is 0 Å². The van der Waals surface area contributed by atoms with Gasteiger partial charge in [-0.25, -0.2) is 0 Å². The number of carbonyl (C=O) groups excluding carboxylic acids is 1. The van der Waals surface area contributed by atoms with Crippen LogP contribution in [-0.4, -0.2) is 11.0 Å². The highest BCUT2D eigenvalue weighted by Gasteiger charge is 2.46. The Balaban J connectivity index is 1.99. The standard InChI is InChI=1S/C22H14Cl3NO2/c23-16-7-1-13(2-8-16)19-20(14-3-9-17(24)10-4-14)22(28,26-21(19)27)15-5-11-18(25)12-6-15/h1-12,28H,(H,26,27). The topological polar surface area (TPSA) is 49.3 Å². The third-order valence-corrected chi connectivity index (χ3v) is 5.42. The second-order valence-electron chi connectivity index (χ2n) is 6.44. The van der Waals surface area contributed by atoms with E-state index in [-0.39, 0.29) is 5.91 Å². The molecule has 0 bridgehead atoms. The lowest BCUT2D eigenvalue weighted by Crippen LogP contribution is -2.41. The summed E-state index contributed by atoms with van der Waals surface area (Å²) in [6.07, 6.45) is 0. The molecule has 2 N–H and O–H groups in total. The van der Waals surface area contributed by atoms with E-state index in [2.05, 4.69) is 5.32 Å². The summed E-state index contributed by atoms with van der Waals surface area (Å²) in [6.45, 7) is 0. The normalized spacial score (nSPS) is 19.1. The van der Waals surface area contributed by atoms with Gasteiger partial charge in [0.15, 0.2) is 5.72 Å². The second-order valence-corrected chi connectivity index (χ2v) is 7.74. The highest BCUT2D eigenvalue weighted by molar-refractivity contribution is 6.33. The first-order valence-electron chi connectivity index (χ1n) is 8.46. The summed E-state index contributed by atoms with van der Waals surface area (Å²) in [6, 6.07) is 20.6. The quantitative estimate of drug-likeness (QED) is 0.574. The first-order valence-corrected chi connectivity index (χ1v) is 9.59. The third-order valence-electron chi connectivity index (χ3n) is 4.66. The molecular weight excluding hydrogens is 417 g/mol. The fourth-order valence-corrected chi connectivity index (χ4v) is 3.73. The minimum Gasteiger partial charge on any atom is -0.363 e. The molecule has 0 aliphatic carbocycles. The molecular formula is C22H14Cl3NO2. The molecule has 1 aliphatic heterocycles. The van der Waals surface area contributed by atoms with Crippen LogP contribution in [0.3, 0.4) is 0 Å². The van der Waals surface area contributed by atoms with Gasteiger partial charge in [-0.05, 0) is 47.5 Å². The monoisotopic (exact) mass is 429 g/mol. The van der Waals surface area contributed by atoms with Crippen molar-refractivity contribution in [2.24, 2.45) is 0 Å². The van der Waals surface area contributed by atoms with Crippen molar-refractivity contribution in [1.29, 1.82) is 0 Å². The van der Waals surface area contributed by atoms with Gasteiger partial charge in [0.1, 0.15) is 0 Å². The van der Waals surface area contributed by atoms with Crippen molar-refractivity contribution in [3.8, 4) is 0 Å². The molecule has 0 fully saturated rings. The van der Waals surface area contributed by atoms with Crippen LogP contribution in [0.2, 0.25) is 15.1 Å². The van der Waals surface area contributed by atoms with Crippen LogP contribution in [-0.2, 0) is 10.5 Å². The number of hydrogen-bond donors (Lipinski definition) is 2. The number of carbonyl (C=O) groups is 1. The molecule has 1 atom stereocenters. The van der Waals surface area contributed by atoms with Gasteiger partial charge in [-0.3, -0.25) is 4.79 Å². The van der Waals surface area contributed by atoms with Crippen molar-refractivity contribution in [2.45, 2.75) is 5.72 Å². The second kappa shape index (κ2) is 7.26. The zero-order chi connectivity index (χ0) is 19.9. The molecule has 3 aromatic rings. The third kappa shape index (κ3) is 3.31. The predicted molar refractivity (Wildman–Crippen MR) is 113 cm³/mol. The van der Waals surface area contributed by atoms with Crippen molar-refractivity contribution in [2.75, 3.05) is 0 Å². The molecule has 28 heavy (non-hydrogen) atoms. The lowest BCUT2D eigenvalue weighted by Gasteiger charge is -2.27. The summed E-state index contributed by atoms with van der Waals surface area (Å²) < 4.78 is 0. The van der Waals surface area contributed by atoms with Crippen LogP contribution in [0.25, 0.3) is 11.1 Å². The molecule has 1 heterocycles. The number of benzene rings is 3. The maximum atomic E-state index is 13.0. The van der Waals surface area contributed by atoms with Crippen LogP contribution in [0.4, 0.5) is 0 Å². The average molecular weight is 431 g/mol. The smallest absolute Gasteiger partial charge is 0.255 e. The minimum absolute atomic E-state index is 0.372. The van der Waals surface area contributed by atoms with Crippen LogP contribution in [0.15, 0.2) is 72.8 Å². The maximum Gasteiger partial charge on any atom is 0.255 e. The Hall–Kier alpha value is -2.30. The lowest BCUT2D eigenvalue weighted by atomic mass is 9.87. The van der Waals surface area contributed by atoms with E-state index in [1.807, 2.05) is 0 Å². The molecule has 1 aliphatic rings. The van der Waals surface area contributed by atoms with E-state index in [1.165, 1.54) is 0 Å². The SMILES string of the molecule is O=C1NC(O)(c2ccc(Cl)cc2)C(c2ccc(Cl)cc2)=C1c1ccc(Cl)cc1. The largest absolute Gasteiger partial charge is 0.363 e. The maximum absolute atomic E-state index is 13.0. The van der Waals surface area contributed by atoms with Crippen molar-refractivity contribution in [1.82, 2.24) is 5.32 Å². The van der Waals surface area contributed by atoms with Crippen LogP contribution in [0, 0.1) is 0 Å². The number of rotatable bonds is 3. The van der Waals surface area contributed by atoms with Crippen LogP contribution < -0.4 is 5.32 Å². The van der Waals surface area contributed by atoms with Gasteiger partial charge < -0.3 is 10.4 Å². The predicted octanol–water partition coefficient (Wildman–Crippen LogP) is 5.53. The molecule has 1 amide bonds. The molecule has 3 nitrogen and oxygen atoms in total. The highest BCUT2D eigenvalue weighted by atomic mass is 35.5. The van der Waals surface area contributed by atoms with E-state index < -0.39 is 5.72 Å². The number of amides is 1. The summed E-state index contributed by atoms with van der Waals surface area (Å²) in [7, 11) is 0. The highest BCUT2D eigenvalue weighted by Crippen LogP contribution is 2.45. The zero-order valence-corrected chi connectivity index (χ0v) is 16.7. The Morgan fingerprint density at radius 3 is 1.61 bits per heavy atom. The summed E-state index contributed by atoms with van der Waals surface area (Å²) in [4.78, 5) is 13.0. The van der Waals surface area contributed by atoms with Gasteiger partial charge in [-0.15, -0.1) is 0 Å². The summed E-state index contributed by atoms with van der Waals surface area (Å²) in [5.41, 5.74) is 0.918. The number of halogens is 3. The first-order chi connectivity index (χ1) is 13.4. The van der Waals surface area contributed by atoms with E-state index in [0.29, 0.717) is 42.9 Å². The molecule has 6 heteroatoms. The molecule has 1 unspecified atom stereocenters. The summed E-state index contributed by atoms with van der Waals surface area (Å²) in [5.74, 6) is -0.385. The Labute approximate surface area is 177 Å². The molecule has 140 valence electrons. The number of nitrogens with one attached hydrogen (secondary N) is 1. The van der Waals surface area contributed by atoms with Crippen molar-refractivity contribution < 1.29 is 9.90 Å². The fraction of sp³-hybridized carbons (Fsp3) is 0.0455. The molecule has 4 rings (SSSR count). The van der Waals surface area contributed by atoms with Crippen LogP contribution in [0.1, 0.15) is 16.7 Å². The molecule has 0 radical (unpaired) electrons. The van der Waals surface area contributed by atoms with Gasteiger partial charge >= 0.3 is 0 Å². The zero-order valence-electron chi connectivity index (χ0n) is 14.4. The first kappa shape index (κ1) is 19.0. The summed E-state index contributed by atoms with van der Waals surface area (Å²) >= 11 is 18.0. The van der Waals surface area contributed by atoms with E-state index >= 15 is 0 Å². The van der Waals surface area contributed by atoms with Gasteiger partial charge in [0.25, 0.3) is 5.91 Å². The number of hydrogen-bond acceptors (Lipinski definition) is 2. The number of aliphatic hydroxyl groups is 1. The molecule has 0 aromatic heterocycles. The van der Waals surface area contributed by atoms with Crippen molar-refractivity contribution in [3.05, 3.63) is 105 Å². The molecule has 0 spiro atoms. The van der Waals surface area contributed by atoms with Crippen LogP contribution in [0.5, 0.6) is 0 Å². The summed E-state index contributed by atoms with van der Waals surface area (Å²) in [5, 5.41) is 16.0. The van der Waals surface area contributed by atoms with Gasteiger partial charge in [0, 0.05) is 26.2 Å². The average Bonchev–Trinajstić information content (AvgIpc) is 2.95. The van der Waals surface area contributed by atoms with Gasteiger partial charge in [0.2, 0.25) is 0 Å². The van der Waals surface area contributed by atoms with Crippen molar-refractivity contribution in [3.63, 3.8) is 0 Å². The van der Waals surface area contributed by atoms with Crippen molar-refractivity contribution >= 4 is 51.9 Å². The van der Waals surface area contributed by atoms with E-state index in [4.69, 9.17) is 34.8 Å². The Morgan fingerprint density at radius 1 is 0.679 bits per heavy atom. The van der Waals surface area contributed by atoms with E-state index in [1.54, 1.807) is 72.8 Å². The Morgan fingerprint density at radius 2 is 1.11 bits per heavy atom. The van der Waals surface area contributed by atoms with Gasteiger partial charge in [-0.2, -0.15) is 0 Å². The molecule has 3 aromatic carbocycles. The van der Waals surface area contributed by atoms with E-state index in [9.17, 15) is 9.90 Å².